The Morgan fingerprint density at radius 2 is 2.06 bits per heavy atom. The van der Waals surface area contributed by atoms with E-state index < -0.39 is 0 Å². The van der Waals surface area contributed by atoms with Crippen molar-refractivity contribution in [2.45, 2.75) is 19.9 Å². The lowest BCUT2D eigenvalue weighted by Crippen LogP contribution is -2.06. The van der Waals surface area contributed by atoms with E-state index in [1.807, 2.05) is 24.0 Å². The molecule has 0 unspecified atom stereocenters. The summed E-state index contributed by atoms with van der Waals surface area (Å²) in [6, 6.07) is 10.4. The number of rotatable bonds is 4. The first-order valence-electron chi connectivity index (χ1n) is 5.60. The molecule has 0 atom stereocenters. The van der Waals surface area contributed by atoms with Crippen molar-refractivity contribution >= 4 is 5.69 Å². The van der Waals surface area contributed by atoms with Crippen molar-refractivity contribution in [1.82, 2.24) is 9.78 Å². The van der Waals surface area contributed by atoms with Crippen molar-refractivity contribution in [3.8, 4) is 0 Å². The smallest absolute Gasteiger partial charge is 0.0571 e. The van der Waals surface area contributed by atoms with E-state index in [0.717, 1.165) is 13.0 Å². The maximum Gasteiger partial charge on any atom is 0.0571 e. The van der Waals surface area contributed by atoms with Crippen molar-refractivity contribution in [3.05, 3.63) is 47.8 Å². The third kappa shape index (κ3) is 2.24. The summed E-state index contributed by atoms with van der Waals surface area (Å²) in [4.78, 5) is 0. The normalized spacial score (nSPS) is 10.4. The summed E-state index contributed by atoms with van der Waals surface area (Å²) in [6.45, 7) is 2.98. The van der Waals surface area contributed by atoms with E-state index in [0.29, 0.717) is 0 Å². The Kier molecular flexibility index (Phi) is 3.25. The lowest BCUT2D eigenvalue weighted by molar-refractivity contribution is 0.720. The van der Waals surface area contributed by atoms with E-state index in [-0.39, 0.29) is 0 Å². The van der Waals surface area contributed by atoms with Crippen LogP contribution in [-0.2, 0) is 20.0 Å². The fourth-order valence-corrected chi connectivity index (χ4v) is 1.76. The van der Waals surface area contributed by atoms with Gasteiger partial charge in [-0.1, -0.05) is 25.1 Å². The van der Waals surface area contributed by atoms with Crippen LogP contribution >= 0.6 is 0 Å². The third-order valence-corrected chi connectivity index (χ3v) is 2.78. The van der Waals surface area contributed by atoms with Crippen LogP contribution in [0.3, 0.4) is 0 Å². The minimum atomic E-state index is 0.813. The Hall–Kier alpha value is -1.77. The minimum absolute atomic E-state index is 0.813. The molecule has 2 rings (SSSR count). The molecule has 3 heteroatoms. The van der Waals surface area contributed by atoms with Gasteiger partial charge in [0, 0.05) is 18.9 Å². The SMILES string of the molecule is CCc1ccccc1NCc1ccnn1C. The summed E-state index contributed by atoms with van der Waals surface area (Å²) in [5.74, 6) is 0. The predicted molar refractivity (Wildman–Crippen MR) is 66.4 cm³/mol. The monoisotopic (exact) mass is 215 g/mol. The molecule has 2 aromatic rings. The fraction of sp³-hybridized carbons (Fsp3) is 0.308. The van der Waals surface area contributed by atoms with Gasteiger partial charge in [0.25, 0.3) is 0 Å². The van der Waals surface area contributed by atoms with Gasteiger partial charge in [-0.3, -0.25) is 4.68 Å². The molecule has 3 nitrogen and oxygen atoms in total. The van der Waals surface area contributed by atoms with E-state index in [9.17, 15) is 0 Å². The van der Waals surface area contributed by atoms with Gasteiger partial charge in [-0.15, -0.1) is 0 Å². The van der Waals surface area contributed by atoms with Crippen molar-refractivity contribution in [2.75, 3.05) is 5.32 Å². The molecule has 16 heavy (non-hydrogen) atoms. The maximum atomic E-state index is 4.15. The zero-order valence-electron chi connectivity index (χ0n) is 9.77. The van der Waals surface area contributed by atoms with Gasteiger partial charge in [0.1, 0.15) is 0 Å². The number of para-hydroxylation sites is 1. The van der Waals surface area contributed by atoms with Gasteiger partial charge in [0.2, 0.25) is 0 Å². The van der Waals surface area contributed by atoms with Gasteiger partial charge >= 0.3 is 0 Å². The Bertz CT molecular complexity index is 460. The second kappa shape index (κ2) is 4.84. The first kappa shape index (κ1) is 10.7. The van der Waals surface area contributed by atoms with Gasteiger partial charge < -0.3 is 5.32 Å². The minimum Gasteiger partial charge on any atom is -0.379 e. The van der Waals surface area contributed by atoms with Gasteiger partial charge in [0.05, 0.1) is 12.2 Å². The molecule has 1 heterocycles. The summed E-state index contributed by atoms with van der Waals surface area (Å²) in [5.41, 5.74) is 3.75. The molecule has 0 radical (unpaired) electrons. The summed E-state index contributed by atoms with van der Waals surface area (Å²) in [7, 11) is 1.96. The number of anilines is 1. The van der Waals surface area contributed by atoms with Crippen LogP contribution in [0.25, 0.3) is 0 Å². The Balaban J connectivity index is 2.07. The topological polar surface area (TPSA) is 29.9 Å². The van der Waals surface area contributed by atoms with Gasteiger partial charge in [-0.2, -0.15) is 5.10 Å². The number of hydrogen-bond donors (Lipinski definition) is 1. The average molecular weight is 215 g/mol. The average Bonchev–Trinajstić information content (AvgIpc) is 2.72. The van der Waals surface area contributed by atoms with E-state index in [1.165, 1.54) is 16.9 Å². The van der Waals surface area contributed by atoms with Gasteiger partial charge in [-0.05, 0) is 24.1 Å². The third-order valence-electron chi connectivity index (χ3n) is 2.78. The van der Waals surface area contributed by atoms with Crippen LogP contribution in [-0.4, -0.2) is 9.78 Å². The Labute approximate surface area is 96.1 Å². The largest absolute Gasteiger partial charge is 0.379 e. The van der Waals surface area contributed by atoms with Crippen LogP contribution in [0, 0.1) is 0 Å². The van der Waals surface area contributed by atoms with Crippen molar-refractivity contribution in [2.24, 2.45) is 7.05 Å². The molecular weight excluding hydrogens is 198 g/mol. The molecule has 0 bridgehead atoms. The lowest BCUT2D eigenvalue weighted by Gasteiger charge is -2.10. The molecule has 0 aliphatic heterocycles. The first-order chi connectivity index (χ1) is 7.81. The van der Waals surface area contributed by atoms with Crippen molar-refractivity contribution in [3.63, 3.8) is 0 Å². The summed E-state index contributed by atoms with van der Waals surface area (Å²) >= 11 is 0. The predicted octanol–water partition coefficient (Wildman–Crippen LogP) is 2.59. The molecule has 1 aromatic heterocycles. The molecule has 0 aliphatic carbocycles. The molecule has 84 valence electrons. The highest BCUT2D eigenvalue weighted by atomic mass is 15.3. The molecule has 0 fully saturated rings. The molecular formula is C13H17N3. The number of hydrogen-bond acceptors (Lipinski definition) is 2. The van der Waals surface area contributed by atoms with E-state index in [2.05, 4.69) is 41.6 Å². The molecule has 0 saturated heterocycles. The van der Waals surface area contributed by atoms with E-state index >= 15 is 0 Å². The van der Waals surface area contributed by atoms with Crippen LogP contribution in [0.5, 0.6) is 0 Å². The fourth-order valence-electron chi connectivity index (χ4n) is 1.76. The Morgan fingerprint density at radius 3 is 2.75 bits per heavy atom. The van der Waals surface area contributed by atoms with Crippen LogP contribution in [0.4, 0.5) is 5.69 Å². The second-order valence-corrected chi connectivity index (χ2v) is 3.81. The molecule has 0 aliphatic rings. The van der Waals surface area contributed by atoms with Crippen LogP contribution in [0.1, 0.15) is 18.2 Å². The zero-order chi connectivity index (χ0) is 11.4. The van der Waals surface area contributed by atoms with Crippen molar-refractivity contribution < 1.29 is 0 Å². The molecule has 0 amide bonds. The van der Waals surface area contributed by atoms with Crippen LogP contribution in [0.15, 0.2) is 36.5 Å². The summed E-state index contributed by atoms with van der Waals surface area (Å²) < 4.78 is 1.89. The van der Waals surface area contributed by atoms with E-state index in [4.69, 9.17) is 0 Å². The first-order valence-corrected chi connectivity index (χ1v) is 5.60. The van der Waals surface area contributed by atoms with Crippen LogP contribution < -0.4 is 5.32 Å². The quantitative estimate of drug-likeness (QED) is 0.849. The Morgan fingerprint density at radius 1 is 1.25 bits per heavy atom. The van der Waals surface area contributed by atoms with Gasteiger partial charge in [0.15, 0.2) is 0 Å². The standard InChI is InChI=1S/C13H17N3/c1-3-11-6-4-5-7-13(11)14-10-12-8-9-15-16(12)2/h4-9,14H,3,10H2,1-2H3. The van der Waals surface area contributed by atoms with Crippen LogP contribution in [0.2, 0.25) is 0 Å². The highest BCUT2D eigenvalue weighted by molar-refractivity contribution is 5.51. The molecule has 0 spiro atoms. The molecule has 1 aromatic carbocycles. The van der Waals surface area contributed by atoms with Crippen molar-refractivity contribution in [1.29, 1.82) is 0 Å². The summed E-state index contributed by atoms with van der Waals surface area (Å²) in [6.07, 6.45) is 2.87. The number of aromatic nitrogens is 2. The highest BCUT2D eigenvalue weighted by Gasteiger charge is 2.01. The zero-order valence-corrected chi connectivity index (χ0v) is 9.77. The highest BCUT2D eigenvalue weighted by Crippen LogP contribution is 2.16. The second-order valence-electron chi connectivity index (χ2n) is 3.81. The van der Waals surface area contributed by atoms with E-state index in [1.54, 1.807) is 0 Å². The number of nitrogens with zero attached hydrogens (tertiary/aromatic N) is 2. The number of benzene rings is 1. The summed E-state index contributed by atoms with van der Waals surface area (Å²) in [5, 5.41) is 7.59. The molecule has 0 saturated carbocycles. The molecule has 1 N–H and O–H groups in total. The number of aryl methyl sites for hydroxylation is 2. The van der Waals surface area contributed by atoms with Gasteiger partial charge in [-0.25, -0.2) is 0 Å². The number of nitrogens with one attached hydrogen (secondary N) is 1. The lowest BCUT2D eigenvalue weighted by atomic mass is 10.1. The maximum absolute atomic E-state index is 4.15.